The summed E-state index contributed by atoms with van der Waals surface area (Å²) in [6.07, 6.45) is 0.526. The molecule has 0 bridgehead atoms. The van der Waals surface area contributed by atoms with Crippen LogP contribution in [0.5, 0.6) is 11.5 Å². The van der Waals surface area contributed by atoms with Crippen LogP contribution in [0.2, 0.25) is 0 Å². The van der Waals surface area contributed by atoms with E-state index in [0.717, 1.165) is 26.6 Å². The quantitative estimate of drug-likeness (QED) is 0.305. The first-order valence-corrected chi connectivity index (χ1v) is 13.3. The number of nitrogens with one attached hydrogen (secondary N) is 1. The van der Waals surface area contributed by atoms with Gasteiger partial charge in [0.2, 0.25) is 0 Å². The molecule has 3 rings (SSSR count). The van der Waals surface area contributed by atoms with Crippen LogP contribution in [0.3, 0.4) is 0 Å². The summed E-state index contributed by atoms with van der Waals surface area (Å²) in [5.74, 6) is 0.550. The van der Waals surface area contributed by atoms with Gasteiger partial charge in [-0.2, -0.15) is 5.10 Å². The topological polar surface area (TPSA) is 97.3 Å². The maximum atomic E-state index is 13.6. The zero-order valence-electron chi connectivity index (χ0n) is 22.0. The molecule has 0 atom stereocenters. The minimum Gasteiger partial charge on any atom is -0.493 e. The van der Waals surface area contributed by atoms with Crippen molar-refractivity contribution in [2.45, 2.75) is 39.0 Å². The summed E-state index contributed by atoms with van der Waals surface area (Å²) >= 11 is 0. The first kappa shape index (κ1) is 27.7. The predicted molar refractivity (Wildman–Crippen MR) is 146 cm³/mol. The van der Waals surface area contributed by atoms with E-state index in [4.69, 9.17) is 9.47 Å². The first-order valence-electron chi connectivity index (χ1n) is 11.8. The monoisotopic (exact) mass is 523 g/mol. The molecule has 0 aromatic heterocycles. The molecule has 1 N–H and O–H groups in total. The van der Waals surface area contributed by atoms with Crippen LogP contribution >= 0.6 is 0 Å². The minimum absolute atomic E-state index is 0.104. The van der Waals surface area contributed by atoms with Crippen LogP contribution in [0.15, 0.2) is 70.7 Å². The molecule has 0 aliphatic carbocycles. The lowest BCUT2D eigenvalue weighted by Gasteiger charge is -2.24. The van der Waals surface area contributed by atoms with Crippen LogP contribution < -0.4 is 19.2 Å². The number of amides is 1. The third-order valence-electron chi connectivity index (χ3n) is 6.04. The molecule has 0 aliphatic heterocycles. The minimum atomic E-state index is -4.01. The van der Waals surface area contributed by atoms with Crippen molar-refractivity contribution in [1.82, 2.24) is 5.43 Å². The van der Waals surface area contributed by atoms with Crippen LogP contribution in [-0.4, -0.2) is 40.8 Å². The number of methoxy groups -OCH3 is 2. The molecule has 1 amide bonds. The van der Waals surface area contributed by atoms with E-state index in [1.54, 1.807) is 62.8 Å². The molecule has 37 heavy (non-hydrogen) atoms. The smallest absolute Gasteiger partial charge is 0.264 e. The van der Waals surface area contributed by atoms with Gasteiger partial charge in [-0.1, -0.05) is 30.7 Å². The van der Waals surface area contributed by atoms with Crippen molar-refractivity contribution in [2.24, 2.45) is 5.10 Å². The molecule has 0 saturated heterocycles. The van der Waals surface area contributed by atoms with Gasteiger partial charge >= 0.3 is 0 Å². The van der Waals surface area contributed by atoms with Crippen molar-refractivity contribution in [3.63, 3.8) is 0 Å². The number of sulfonamides is 1. The molecular formula is C28H33N3O5S. The third-order valence-corrected chi connectivity index (χ3v) is 7.83. The van der Waals surface area contributed by atoms with Gasteiger partial charge in [-0.25, -0.2) is 13.8 Å². The van der Waals surface area contributed by atoms with Gasteiger partial charge in [0.25, 0.3) is 15.9 Å². The Bertz CT molecular complexity index is 1400. The van der Waals surface area contributed by atoms with Gasteiger partial charge < -0.3 is 9.47 Å². The highest BCUT2D eigenvalue weighted by molar-refractivity contribution is 7.92. The lowest BCUT2D eigenvalue weighted by molar-refractivity contribution is -0.119. The van der Waals surface area contributed by atoms with Gasteiger partial charge in [-0.15, -0.1) is 0 Å². The van der Waals surface area contributed by atoms with E-state index in [1.165, 1.54) is 0 Å². The number of ether oxygens (including phenoxy) is 2. The van der Waals surface area contributed by atoms with Crippen molar-refractivity contribution >= 4 is 27.3 Å². The predicted octanol–water partition coefficient (Wildman–Crippen LogP) is 4.75. The number of anilines is 1. The van der Waals surface area contributed by atoms with E-state index < -0.39 is 22.5 Å². The molecule has 0 saturated carbocycles. The molecule has 3 aromatic carbocycles. The second kappa shape index (κ2) is 11.9. The highest BCUT2D eigenvalue weighted by Gasteiger charge is 2.27. The lowest BCUT2D eigenvalue weighted by atomic mass is 10.1. The zero-order chi connectivity index (χ0) is 27.2. The van der Waals surface area contributed by atoms with E-state index >= 15 is 0 Å². The standard InChI is InChI=1S/C28H33N3O5S/c1-7-25(22-11-15-26(35-5)27(17-22)36-6)29-30-28(32)18-31(23-12-10-20(3)21(4)16-23)37(33,34)24-13-8-19(2)9-14-24/h8-17H,7,18H2,1-6H3,(H,30,32)/b29-25-. The fourth-order valence-corrected chi connectivity index (χ4v) is 5.11. The Morgan fingerprint density at radius 1 is 0.892 bits per heavy atom. The van der Waals surface area contributed by atoms with Gasteiger partial charge in [-0.3, -0.25) is 9.10 Å². The summed E-state index contributed by atoms with van der Waals surface area (Å²) < 4.78 is 39.0. The Hall–Kier alpha value is -3.85. The first-order chi connectivity index (χ1) is 17.6. The Balaban J connectivity index is 1.92. The highest BCUT2D eigenvalue weighted by atomic mass is 32.2. The number of carbonyl (C=O) groups excluding carboxylic acids is 1. The molecule has 0 heterocycles. The van der Waals surface area contributed by atoms with Crippen molar-refractivity contribution in [3.05, 3.63) is 82.9 Å². The van der Waals surface area contributed by atoms with Crippen LogP contribution in [0.1, 0.15) is 35.6 Å². The summed E-state index contributed by atoms with van der Waals surface area (Å²) in [4.78, 5) is 13.1. The second-order valence-corrected chi connectivity index (χ2v) is 10.5. The normalized spacial score (nSPS) is 11.7. The number of aryl methyl sites for hydroxylation is 3. The van der Waals surface area contributed by atoms with Gasteiger partial charge in [-0.05, 0) is 80.8 Å². The SMILES string of the molecule is CC/C(=N/NC(=O)CN(c1ccc(C)c(C)c1)S(=O)(=O)c1ccc(C)cc1)c1ccc(OC)c(OC)c1. The number of rotatable bonds is 10. The van der Waals surface area contributed by atoms with Gasteiger partial charge in [0.15, 0.2) is 11.5 Å². The maximum Gasteiger partial charge on any atom is 0.264 e. The summed E-state index contributed by atoms with van der Waals surface area (Å²) in [6, 6.07) is 17.2. The van der Waals surface area contributed by atoms with Crippen molar-refractivity contribution in [3.8, 4) is 11.5 Å². The number of hydrogen-bond acceptors (Lipinski definition) is 6. The number of nitrogens with zero attached hydrogens (tertiary/aromatic N) is 2. The average Bonchev–Trinajstić information content (AvgIpc) is 2.89. The van der Waals surface area contributed by atoms with Crippen molar-refractivity contribution in [1.29, 1.82) is 0 Å². The second-order valence-electron chi connectivity index (χ2n) is 8.61. The zero-order valence-corrected chi connectivity index (χ0v) is 22.8. The Morgan fingerprint density at radius 2 is 1.57 bits per heavy atom. The van der Waals surface area contributed by atoms with E-state index in [9.17, 15) is 13.2 Å². The lowest BCUT2D eigenvalue weighted by Crippen LogP contribution is -2.39. The molecular weight excluding hydrogens is 490 g/mol. The number of hydrazone groups is 1. The summed E-state index contributed by atoms with van der Waals surface area (Å²) in [5.41, 5.74) is 7.16. The molecule has 0 aliphatic rings. The number of hydrogen-bond donors (Lipinski definition) is 1. The molecule has 0 radical (unpaired) electrons. The van der Waals surface area contributed by atoms with Gasteiger partial charge in [0, 0.05) is 5.56 Å². The largest absolute Gasteiger partial charge is 0.493 e. The van der Waals surface area contributed by atoms with Crippen LogP contribution in [-0.2, 0) is 14.8 Å². The van der Waals surface area contributed by atoms with Crippen LogP contribution in [0.25, 0.3) is 0 Å². The van der Waals surface area contributed by atoms with Crippen molar-refractivity contribution in [2.75, 3.05) is 25.1 Å². The fourth-order valence-electron chi connectivity index (χ4n) is 3.69. The Kier molecular flexibility index (Phi) is 8.94. The number of carbonyl (C=O) groups is 1. The molecule has 8 nitrogen and oxygen atoms in total. The van der Waals surface area contributed by atoms with E-state index in [1.807, 2.05) is 39.8 Å². The van der Waals surface area contributed by atoms with E-state index in [-0.39, 0.29) is 4.90 Å². The fraction of sp³-hybridized carbons (Fsp3) is 0.286. The summed E-state index contributed by atoms with van der Waals surface area (Å²) in [7, 11) is -0.917. The number of benzene rings is 3. The Morgan fingerprint density at radius 3 is 2.16 bits per heavy atom. The van der Waals surface area contributed by atoms with Gasteiger partial charge in [0.05, 0.1) is 30.5 Å². The van der Waals surface area contributed by atoms with E-state index in [2.05, 4.69) is 10.5 Å². The molecule has 0 spiro atoms. The maximum absolute atomic E-state index is 13.6. The summed E-state index contributed by atoms with van der Waals surface area (Å²) in [6.45, 7) is 7.19. The van der Waals surface area contributed by atoms with Crippen LogP contribution in [0.4, 0.5) is 5.69 Å². The van der Waals surface area contributed by atoms with Crippen molar-refractivity contribution < 1.29 is 22.7 Å². The van der Waals surface area contributed by atoms with E-state index in [0.29, 0.717) is 29.3 Å². The molecule has 3 aromatic rings. The average molecular weight is 524 g/mol. The molecule has 196 valence electrons. The molecule has 9 heteroatoms. The van der Waals surface area contributed by atoms with Gasteiger partial charge in [0.1, 0.15) is 6.54 Å². The Labute approximate surface area is 219 Å². The molecule has 0 fully saturated rings. The van der Waals surface area contributed by atoms with Crippen LogP contribution in [0, 0.1) is 20.8 Å². The highest BCUT2D eigenvalue weighted by Crippen LogP contribution is 2.28. The summed E-state index contributed by atoms with van der Waals surface area (Å²) in [5, 5.41) is 4.29. The molecule has 0 unspecified atom stereocenters. The third kappa shape index (κ3) is 6.48.